The van der Waals surface area contributed by atoms with E-state index in [1.165, 1.54) is 0 Å². The van der Waals surface area contributed by atoms with Crippen LogP contribution in [0.4, 0.5) is 0 Å². The second-order valence-corrected chi connectivity index (χ2v) is 2.67. The topological polar surface area (TPSA) is 29.5 Å². The minimum atomic E-state index is -0.416. The predicted octanol–water partition coefficient (Wildman–Crippen LogP) is 2.14. The lowest BCUT2D eigenvalue weighted by molar-refractivity contribution is 0.169. The van der Waals surface area contributed by atoms with E-state index in [4.69, 9.17) is 4.74 Å². The highest BCUT2D eigenvalue weighted by Crippen LogP contribution is 2.26. The first-order valence-corrected chi connectivity index (χ1v) is 4.10. The predicted molar refractivity (Wildman–Crippen MR) is 48.2 cm³/mol. The second kappa shape index (κ2) is 4.12. The molecule has 0 unspecified atom stereocenters. The summed E-state index contributed by atoms with van der Waals surface area (Å²) in [5, 5.41) is 9.56. The van der Waals surface area contributed by atoms with E-state index in [1.807, 2.05) is 31.2 Å². The van der Waals surface area contributed by atoms with Crippen LogP contribution >= 0.6 is 0 Å². The molecule has 0 radical (unpaired) electrons. The maximum Gasteiger partial charge on any atom is 0.124 e. The smallest absolute Gasteiger partial charge is 0.124 e. The van der Waals surface area contributed by atoms with Gasteiger partial charge < -0.3 is 9.84 Å². The summed E-state index contributed by atoms with van der Waals surface area (Å²) in [6.07, 6.45) is 0.293. The first-order valence-electron chi connectivity index (χ1n) is 4.10. The molecule has 12 heavy (non-hydrogen) atoms. The van der Waals surface area contributed by atoms with Crippen molar-refractivity contribution in [1.82, 2.24) is 0 Å². The Balaban J connectivity index is 2.96. The highest BCUT2D eigenvalue weighted by molar-refractivity contribution is 5.34. The summed E-state index contributed by atoms with van der Waals surface area (Å²) in [5.41, 5.74) is 0.863. The second-order valence-electron chi connectivity index (χ2n) is 2.67. The Morgan fingerprint density at radius 3 is 2.67 bits per heavy atom. The maximum atomic E-state index is 9.56. The van der Waals surface area contributed by atoms with Gasteiger partial charge in [-0.25, -0.2) is 0 Å². The molecule has 0 aliphatic rings. The zero-order valence-corrected chi connectivity index (χ0v) is 7.45. The van der Waals surface area contributed by atoms with E-state index in [0.717, 1.165) is 11.3 Å². The fourth-order valence-corrected chi connectivity index (χ4v) is 1.16. The van der Waals surface area contributed by atoms with Gasteiger partial charge in [-0.3, -0.25) is 0 Å². The molecule has 0 aliphatic carbocycles. The van der Waals surface area contributed by atoms with Crippen LogP contribution in [0.3, 0.4) is 0 Å². The van der Waals surface area contributed by atoms with Crippen molar-refractivity contribution >= 4 is 0 Å². The van der Waals surface area contributed by atoms with Crippen LogP contribution in [0.15, 0.2) is 24.3 Å². The van der Waals surface area contributed by atoms with Crippen LogP contribution in [0.5, 0.6) is 5.75 Å². The van der Waals surface area contributed by atoms with Gasteiger partial charge in [-0.15, -0.1) is 0 Å². The Hall–Kier alpha value is -1.02. The molecule has 0 saturated carbocycles. The van der Waals surface area contributed by atoms with Gasteiger partial charge in [-0.2, -0.15) is 0 Å². The van der Waals surface area contributed by atoms with E-state index in [0.29, 0.717) is 6.42 Å². The molecule has 0 saturated heterocycles. The summed E-state index contributed by atoms with van der Waals surface area (Å²) in [6, 6.07) is 7.53. The summed E-state index contributed by atoms with van der Waals surface area (Å²) in [4.78, 5) is 0. The summed E-state index contributed by atoms with van der Waals surface area (Å²) in [5.74, 6) is 0.756. The van der Waals surface area contributed by atoms with Gasteiger partial charge in [0.2, 0.25) is 0 Å². The van der Waals surface area contributed by atoms with E-state index in [2.05, 4.69) is 0 Å². The number of para-hydroxylation sites is 1. The van der Waals surface area contributed by atoms with Gasteiger partial charge in [-0.05, 0) is 12.5 Å². The van der Waals surface area contributed by atoms with Crippen molar-refractivity contribution in [3.05, 3.63) is 29.8 Å². The lowest BCUT2D eigenvalue weighted by atomic mass is 10.1. The number of benzene rings is 1. The fourth-order valence-electron chi connectivity index (χ4n) is 1.16. The first kappa shape index (κ1) is 9.07. The Bertz CT molecular complexity index is 245. The monoisotopic (exact) mass is 166 g/mol. The van der Waals surface area contributed by atoms with Crippen LogP contribution < -0.4 is 4.74 Å². The minimum Gasteiger partial charge on any atom is -0.496 e. The number of rotatable bonds is 3. The van der Waals surface area contributed by atoms with Gasteiger partial charge in [-0.1, -0.05) is 25.1 Å². The van der Waals surface area contributed by atoms with Crippen molar-refractivity contribution in [3.8, 4) is 5.75 Å². The molecule has 1 aromatic rings. The average molecular weight is 166 g/mol. The van der Waals surface area contributed by atoms with Crippen molar-refractivity contribution in [3.63, 3.8) is 0 Å². The molecular weight excluding hydrogens is 152 g/mol. The number of methoxy groups -OCH3 is 1. The van der Waals surface area contributed by atoms with E-state index >= 15 is 0 Å². The molecular formula is C10H14O2. The highest BCUT2D eigenvalue weighted by Gasteiger charge is 2.09. The summed E-state index contributed by atoms with van der Waals surface area (Å²) >= 11 is 0. The molecule has 0 aliphatic heterocycles. The molecule has 0 heterocycles. The Morgan fingerprint density at radius 2 is 2.08 bits per heavy atom. The van der Waals surface area contributed by atoms with Crippen molar-refractivity contribution < 1.29 is 9.84 Å². The summed E-state index contributed by atoms with van der Waals surface area (Å²) in [6.45, 7) is 1.94. The number of aliphatic hydroxyl groups is 1. The van der Waals surface area contributed by atoms with Gasteiger partial charge in [0.05, 0.1) is 13.2 Å². The number of aliphatic hydroxyl groups excluding tert-OH is 1. The van der Waals surface area contributed by atoms with E-state index in [9.17, 15) is 5.11 Å². The SMILES string of the molecule is CC[C@@H](O)c1ccccc1OC. The third-order valence-electron chi connectivity index (χ3n) is 1.88. The molecule has 0 aromatic heterocycles. The lowest BCUT2D eigenvalue weighted by Crippen LogP contribution is -1.98. The zero-order valence-electron chi connectivity index (χ0n) is 7.45. The van der Waals surface area contributed by atoms with E-state index in [1.54, 1.807) is 7.11 Å². The van der Waals surface area contributed by atoms with E-state index in [-0.39, 0.29) is 0 Å². The highest BCUT2D eigenvalue weighted by atomic mass is 16.5. The molecule has 0 amide bonds. The minimum absolute atomic E-state index is 0.416. The molecule has 2 nitrogen and oxygen atoms in total. The molecule has 2 heteroatoms. The van der Waals surface area contributed by atoms with Crippen molar-refractivity contribution in [2.75, 3.05) is 7.11 Å². The largest absolute Gasteiger partial charge is 0.496 e. The van der Waals surface area contributed by atoms with Gasteiger partial charge >= 0.3 is 0 Å². The van der Waals surface area contributed by atoms with Gasteiger partial charge in [0.15, 0.2) is 0 Å². The van der Waals surface area contributed by atoms with Crippen LogP contribution in [0.2, 0.25) is 0 Å². The maximum absolute atomic E-state index is 9.56. The van der Waals surface area contributed by atoms with Crippen molar-refractivity contribution in [2.24, 2.45) is 0 Å². The standard InChI is InChI=1S/C10H14O2/c1-3-9(11)8-6-4-5-7-10(8)12-2/h4-7,9,11H,3H2,1-2H3/t9-/m1/s1. The Labute approximate surface area is 72.8 Å². The van der Waals surface area contributed by atoms with Crippen molar-refractivity contribution in [2.45, 2.75) is 19.4 Å². The fraction of sp³-hybridized carbons (Fsp3) is 0.400. The number of ether oxygens (including phenoxy) is 1. The third kappa shape index (κ3) is 1.77. The first-order chi connectivity index (χ1) is 5.79. The molecule has 1 N–H and O–H groups in total. The summed E-state index contributed by atoms with van der Waals surface area (Å²) < 4.78 is 5.11. The molecule has 1 atom stereocenters. The lowest BCUT2D eigenvalue weighted by Gasteiger charge is -2.11. The molecule has 0 bridgehead atoms. The van der Waals surface area contributed by atoms with Crippen LogP contribution in [0.1, 0.15) is 25.0 Å². The Morgan fingerprint density at radius 1 is 1.42 bits per heavy atom. The van der Waals surface area contributed by atoms with Gasteiger partial charge in [0.1, 0.15) is 5.75 Å². The van der Waals surface area contributed by atoms with Crippen LogP contribution in [-0.4, -0.2) is 12.2 Å². The van der Waals surface area contributed by atoms with E-state index < -0.39 is 6.10 Å². The van der Waals surface area contributed by atoms with Crippen molar-refractivity contribution in [1.29, 1.82) is 0 Å². The molecule has 0 spiro atoms. The summed E-state index contributed by atoms with van der Waals surface area (Å²) in [7, 11) is 1.61. The molecule has 0 fully saturated rings. The zero-order chi connectivity index (χ0) is 8.97. The molecule has 1 aromatic carbocycles. The van der Waals surface area contributed by atoms with Crippen LogP contribution in [-0.2, 0) is 0 Å². The van der Waals surface area contributed by atoms with Gasteiger partial charge in [0.25, 0.3) is 0 Å². The molecule has 66 valence electrons. The third-order valence-corrected chi connectivity index (χ3v) is 1.88. The quantitative estimate of drug-likeness (QED) is 0.745. The molecule has 1 rings (SSSR count). The average Bonchev–Trinajstić information content (AvgIpc) is 2.16. The number of hydrogen-bond donors (Lipinski definition) is 1. The Kier molecular flexibility index (Phi) is 3.11. The van der Waals surface area contributed by atoms with Gasteiger partial charge in [0, 0.05) is 5.56 Å². The number of hydrogen-bond acceptors (Lipinski definition) is 2. The normalized spacial score (nSPS) is 12.6. The van der Waals surface area contributed by atoms with Crippen LogP contribution in [0, 0.1) is 0 Å². The van der Waals surface area contributed by atoms with Crippen LogP contribution in [0.25, 0.3) is 0 Å².